The van der Waals surface area contributed by atoms with E-state index < -0.39 is 17.1 Å². The van der Waals surface area contributed by atoms with Gasteiger partial charge in [0.15, 0.2) is 0 Å². The second-order valence-corrected chi connectivity index (χ2v) is 4.43. The number of hydrogen-bond acceptors (Lipinski definition) is 4. The molecule has 6 heteroatoms. The quantitative estimate of drug-likeness (QED) is 0.685. The van der Waals surface area contributed by atoms with Gasteiger partial charge in [-0.3, -0.25) is 9.59 Å². The molecule has 1 saturated heterocycles. The summed E-state index contributed by atoms with van der Waals surface area (Å²) in [6.45, 7) is 1.10. The molecule has 0 bridgehead atoms. The smallest absolute Gasteiger partial charge is 0.260 e. The number of aromatic nitrogens is 1. The lowest BCUT2D eigenvalue weighted by atomic mass is 9.94. The first kappa shape index (κ1) is 12.8. The predicted octanol–water partition coefficient (Wildman–Crippen LogP) is -0.354. The molecule has 6 nitrogen and oxygen atoms in total. The third-order valence-electron chi connectivity index (χ3n) is 3.06. The van der Waals surface area contributed by atoms with E-state index in [9.17, 15) is 14.7 Å². The van der Waals surface area contributed by atoms with Gasteiger partial charge in [0.25, 0.3) is 11.5 Å². The number of aliphatic hydroxyl groups is 1. The molecule has 0 atom stereocenters. The van der Waals surface area contributed by atoms with Crippen LogP contribution in [0.25, 0.3) is 0 Å². The van der Waals surface area contributed by atoms with E-state index >= 15 is 0 Å². The zero-order valence-corrected chi connectivity index (χ0v) is 9.94. The summed E-state index contributed by atoms with van der Waals surface area (Å²) in [6, 6.07) is 3.03. The molecule has 0 unspecified atom stereocenters. The Labute approximate surface area is 104 Å². The topological polar surface area (TPSA) is 91.4 Å². The van der Waals surface area contributed by atoms with Crippen LogP contribution in [0.2, 0.25) is 0 Å². The van der Waals surface area contributed by atoms with Gasteiger partial charge in [-0.1, -0.05) is 0 Å². The zero-order valence-electron chi connectivity index (χ0n) is 9.94. The van der Waals surface area contributed by atoms with Gasteiger partial charge < -0.3 is 20.1 Å². The van der Waals surface area contributed by atoms with Crippen LogP contribution in [-0.4, -0.2) is 41.4 Å². The summed E-state index contributed by atoms with van der Waals surface area (Å²) in [5, 5.41) is 12.7. The minimum Gasteiger partial charge on any atom is -0.388 e. The van der Waals surface area contributed by atoms with Crippen LogP contribution >= 0.6 is 0 Å². The SMILES string of the molecule is O=C(NCC1(O)CCOCC1)c1ccc[nH]c1=O. The van der Waals surface area contributed by atoms with E-state index in [-0.39, 0.29) is 12.1 Å². The van der Waals surface area contributed by atoms with E-state index in [1.54, 1.807) is 6.07 Å². The molecular formula is C12H16N2O4. The van der Waals surface area contributed by atoms with Crippen molar-refractivity contribution in [2.24, 2.45) is 0 Å². The van der Waals surface area contributed by atoms with Gasteiger partial charge in [0.1, 0.15) is 5.56 Å². The monoisotopic (exact) mass is 252 g/mol. The number of nitrogens with one attached hydrogen (secondary N) is 2. The van der Waals surface area contributed by atoms with E-state index in [2.05, 4.69) is 10.3 Å². The minimum atomic E-state index is -0.935. The molecule has 0 aliphatic carbocycles. The van der Waals surface area contributed by atoms with Crippen LogP contribution in [0.5, 0.6) is 0 Å². The highest BCUT2D eigenvalue weighted by molar-refractivity contribution is 5.93. The van der Waals surface area contributed by atoms with Crippen molar-refractivity contribution in [2.45, 2.75) is 18.4 Å². The molecule has 1 amide bonds. The highest BCUT2D eigenvalue weighted by atomic mass is 16.5. The molecular weight excluding hydrogens is 236 g/mol. The van der Waals surface area contributed by atoms with Crippen molar-refractivity contribution in [2.75, 3.05) is 19.8 Å². The fourth-order valence-corrected chi connectivity index (χ4v) is 1.87. The van der Waals surface area contributed by atoms with Gasteiger partial charge in [0, 0.05) is 38.8 Å². The number of carbonyl (C=O) groups excluding carboxylic acids is 1. The van der Waals surface area contributed by atoms with Crippen LogP contribution in [-0.2, 0) is 4.74 Å². The summed E-state index contributed by atoms with van der Waals surface area (Å²) in [7, 11) is 0. The standard InChI is InChI=1S/C12H16N2O4/c15-10-9(2-1-5-13-10)11(16)14-8-12(17)3-6-18-7-4-12/h1-2,5,17H,3-4,6-8H2,(H,13,15)(H,14,16). The molecule has 18 heavy (non-hydrogen) atoms. The number of pyridine rings is 1. The number of ether oxygens (including phenoxy) is 1. The fraction of sp³-hybridized carbons (Fsp3) is 0.500. The third kappa shape index (κ3) is 2.96. The summed E-state index contributed by atoms with van der Waals surface area (Å²) < 4.78 is 5.15. The Morgan fingerprint density at radius 2 is 2.22 bits per heavy atom. The Kier molecular flexibility index (Phi) is 3.78. The molecule has 1 fully saturated rings. The first-order valence-electron chi connectivity index (χ1n) is 5.87. The van der Waals surface area contributed by atoms with Crippen molar-refractivity contribution < 1.29 is 14.6 Å². The van der Waals surface area contributed by atoms with Crippen molar-refractivity contribution >= 4 is 5.91 Å². The normalized spacial score (nSPS) is 18.3. The molecule has 0 spiro atoms. The highest BCUT2D eigenvalue weighted by Crippen LogP contribution is 2.19. The first-order valence-corrected chi connectivity index (χ1v) is 5.87. The predicted molar refractivity (Wildman–Crippen MR) is 64.4 cm³/mol. The van der Waals surface area contributed by atoms with Crippen molar-refractivity contribution in [3.63, 3.8) is 0 Å². The van der Waals surface area contributed by atoms with Crippen molar-refractivity contribution in [1.82, 2.24) is 10.3 Å². The van der Waals surface area contributed by atoms with Crippen LogP contribution in [0.4, 0.5) is 0 Å². The lowest BCUT2D eigenvalue weighted by Crippen LogP contribution is -2.47. The zero-order chi connectivity index (χ0) is 13.0. The lowest BCUT2D eigenvalue weighted by molar-refractivity contribution is -0.0605. The van der Waals surface area contributed by atoms with E-state index in [1.165, 1.54) is 12.3 Å². The van der Waals surface area contributed by atoms with Crippen LogP contribution in [0, 0.1) is 0 Å². The second kappa shape index (κ2) is 5.32. The maximum Gasteiger partial charge on any atom is 0.260 e. The Morgan fingerprint density at radius 3 is 2.89 bits per heavy atom. The van der Waals surface area contributed by atoms with E-state index in [1.807, 2.05) is 0 Å². The molecule has 0 aromatic carbocycles. The largest absolute Gasteiger partial charge is 0.388 e. The minimum absolute atomic E-state index is 0.0492. The molecule has 1 aromatic rings. The first-order chi connectivity index (χ1) is 8.61. The molecule has 3 N–H and O–H groups in total. The molecule has 0 saturated carbocycles. The summed E-state index contributed by atoms with van der Waals surface area (Å²) in [4.78, 5) is 25.6. The number of amides is 1. The molecule has 1 aliphatic heterocycles. The molecule has 0 radical (unpaired) electrons. The lowest BCUT2D eigenvalue weighted by Gasteiger charge is -2.31. The van der Waals surface area contributed by atoms with Crippen molar-refractivity contribution in [3.8, 4) is 0 Å². The van der Waals surface area contributed by atoms with Crippen molar-refractivity contribution in [1.29, 1.82) is 0 Å². The Morgan fingerprint density at radius 1 is 1.50 bits per heavy atom. The Bertz CT molecular complexity index is 477. The van der Waals surface area contributed by atoms with Crippen LogP contribution in [0.3, 0.4) is 0 Å². The van der Waals surface area contributed by atoms with Gasteiger partial charge in [-0.2, -0.15) is 0 Å². The van der Waals surface area contributed by atoms with Gasteiger partial charge in [0.2, 0.25) is 0 Å². The van der Waals surface area contributed by atoms with Gasteiger partial charge in [0.05, 0.1) is 5.60 Å². The molecule has 98 valence electrons. The highest BCUT2D eigenvalue weighted by Gasteiger charge is 2.30. The molecule has 2 heterocycles. The molecule has 1 aliphatic rings. The van der Waals surface area contributed by atoms with Crippen LogP contribution in [0.15, 0.2) is 23.1 Å². The maximum atomic E-state index is 11.8. The summed E-state index contributed by atoms with van der Waals surface area (Å²) in [5.41, 5.74) is -1.32. The Hall–Kier alpha value is -1.66. The van der Waals surface area contributed by atoms with E-state index in [4.69, 9.17) is 4.74 Å². The number of rotatable bonds is 3. The fourth-order valence-electron chi connectivity index (χ4n) is 1.87. The number of hydrogen-bond donors (Lipinski definition) is 3. The van der Waals surface area contributed by atoms with Crippen LogP contribution in [0.1, 0.15) is 23.2 Å². The summed E-state index contributed by atoms with van der Waals surface area (Å²) in [6.07, 6.45) is 2.43. The van der Waals surface area contributed by atoms with E-state index in [0.717, 1.165) is 0 Å². The average molecular weight is 252 g/mol. The number of aromatic amines is 1. The van der Waals surface area contributed by atoms with Gasteiger partial charge in [-0.15, -0.1) is 0 Å². The average Bonchev–Trinajstić information content (AvgIpc) is 2.38. The van der Waals surface area contributed by atoms with Gasteiger partial charge >= 0.3 is 0 Å². The summed E-state index contributed by atoms with van der Waals surface area (Å²) in [5.74, 6) is -0.475. The Balaban J connectivity index is 1.96. The maximum absolute atomic E-state index is 11.8. The number of H-pyrrole nitrogens is 1. The molecule has 1 aromatic heterocycles. The van der Waals surface area contributed by atoms with Gasteiger partial charge in [-0.25, -0.2) is 0 Å². The van der Waals surface area contributed by atoms with Gasteiger partial charge in [-0.05, 0) is 12.1 Å². The van der Waals surface area contributed by atoms with E-state index in [0.29, 0.717) is 26.1 Å². The second-order valence-electron chi connectivity index (χ2n) is 4.43. The van der Waals surface area contributed by atoms with Crippen molar-refractivity contribution in [3.05, 3.63) is 34.2 Å². The van der Waals surface area contributed by atoms with Crippen LogP contribution < -0.4 is 10.9 Å². The number of carbonyl (C=O) groups is 1. The third-order valence-corrected chi connectivity index (χ3v) is 3.06. The molecule has 2 rings (SSSR count). The summed E-state index contributed by atoms with van der Waals surface area (Å²) >= 11 is 0.